The smallest absolute Gasteiger partial charge is 0.133 e. The summed E-state index contributed by atoms with van der Waals surface area (Å²) in [6.45, 7) is 3.64. The molecule has 0 saturated carbocycles. The highest BCUT2D eigenvalue weighted by Gasteiger charge is 2.21. The van der Waals surface area contributed by atoms with Crippen LogP contribution in [0.3, 0.4) is 0 Å². The molecule has 1 heterocycles. The number of hydrogen-bond donors (Lipinski definition) is 0. The summed E-state index contributed by atoms with van der Waals surface area (Å²) in [5.74, 6) is 0.711. The Bertz CT molecular complexity index is 209. The summed E-state index contributed by atoms with van der Waals surface area (Å²) in [6, 6.07) is 3.58. The molecule has 0 aliphatic heterocycles. The highest BCUT2D eigenvalue weighted by Crippen LogP contribution is 2.19. The van der Waals surface area contributed by atoms with Gasteiger partial charge in [0.25, 0.3) is 0 Å². The number of furan rings is 1. The highest BCUT2D eigenvalue weighted by molar-refractivity contribution is 5.65. The van der Waals surface area contributed by atoms with Crippen molar-refractivity contribution in [3.05, 3.63) is 24.2 Å². The highest BCUT2D eigenvalue weighted by atomic mass is 16.3. The van der Waals surface area contributed by atoms with Crippen LogP contribution in [0.4, 0.5) is 0 Å². The second-order valence-corrected chi connectivity index (χ2v) is 2.82. The van der Waals surface area contributed by atoms with Gasteiger partial charge in [-0.2, -0.15) is 0 Å². The van der Waals surface area contributed by atoms with Crippen LogP contribution < -0.4 is 0 Å². The molecule has 0 N–H and O–H groups in total. The standard InChI is InChI=1S/C8H10O2/c1-8(2,6-9)7-4-3-5-10-7/h3-6H,1-2H3. The van der Waals surface area contributed by atoms with Gasteiger partial charge in [0, 0.05) is 0 Å². The van der Waals surface area contributed by atoms with E-state index in [0.29, 0.717) is 5.76 Å². The molecule has 10 heavy (non-hydrogen) atoms. The predicted octanol–water partition coefficient (Wildman–Crippen LogP) is 1.76. The van der Waals surface area contributed by atoms with Crippen molar-refractivity contribution in [2.24, 2.45) is 0 Å². The summed E-state index contributed by atoms with van der Waals surface area (Å²) in [4.78, 5) is 10.5. The third kappa shape index (κ3) is 1.10. The predicted molar refractivity (Wildman–Crippen MR) is 37.8 cm³/mol. The zero-order valence-corrected chi connectivity index (χ0v) is 6.13. The van der Waals surface area contributed by atoms with Gasteiger partial charge in [0.15, 0.2) is 0 Å². The van der Waals surface area contributed by atoms with Gasteiger partial charge in [-0.3, -0.25) is 0 Å². The molecule has 0 atom stereocenters. The summed E-state index contributed by atoms with van der Waals surface area (Å²) in [5, 5.41) is 0. The summed E-state index contributed by atoms with van der Waals surface area (Å²) in [7, 11) is 0. The monoisotopic (exact) mass is 138 g/mol. The molecule has 0 spiro atoms. The lowest BCUT2D eigenvalue weighted by molar-refractivity contribution is -0.112. The van der Waals surface area contributed by atoms with Crippen molar-refractivity contribution in [2.45, 2.75) is 19.3 Å². The minimum absolute atomic E-state index is 0.483. The maximum Gasteiger partial charge on any atom is 0.133 e. The van der Waals surface area contributed by atoms with Crippen LogP contribution in [0.5, 0.6) is 0 Å². The minimum Gasteiger partial charge on any atom is -0.468 e. The van der Waals surface area contributed by atoms with E-state index in [1.54, 1.807) is 18.4 Å². The molecule has 0 aliphatic carbocycles. The van der Waals surface area contributed by atoms with Gasteiger partial charge in [-0.25, -0.2) is 0 Å². The van der Waals surface area contributed by atoms with E-state index in [2.05, 4.69) is 0 Å². The molecule has 0 saturated heterocycles. The van der Waals surface area contributed by atoms with Crippen LogP contribution in [0.1, 0.15) is 19.6 Å². The fraction of sp³-hybridized carbons (Fsp3) is 0.375. The first-order valence-electron chi connectivity index (χ1n) is 3.17. The maximum absolute atomic E-state index is 10.5. The third-order valence-corrected chi connectivity index (χ3v) is 1.45. The van der Waals surface area contributed by atoms with Gasteiger partial charge < -0.3 is 9.21 Å². The Morgan fingerprint density at radius 1 is 1.60 bits per heavy atom. The Hall–Kier alpha value is -1.05. The molecule has 0 fully saturated rings. The first kappa shape index (κ1) is 7.06. The van der Waals surface area contributed by atoms with Crippen molar-refractivity contribution < 1.29 is 9.21 Å². The average molecular weight is 138 g/mol. The number of carbonyl (C=O) groups excluding carboxylic acids is 1. The molecular formula is C8H10O2. The topological polar surface area (TPSA) is 30.2 Å². The average Bonchev–Trinajstić information content (AvgIpc) is 2.38. The molecule has 0 radical (unpaired) electrons. The van der Waals surface area contributed by atoms with Gasteiger partial charge in [-0.1, -0.05) is 0 Å². The van der Waals surface area contributed by atoms with Gasteiger partial charge in [0.05, 0.1) is 11.7 Å². The lowest BCUT2D eigenvalue weighted by Gasteiger charge is -2.11. The van der Waals surface area contributed by atoms with Crippen molar-refractivity contribution in [1.29, 1.82) is 0 Å². The van der Waals surface area contributed by atoms with Crippen molar-refractivity contribution in [1.82, 2.24) is 0 Å². The van der Waals surface area contributed by atoms with Crippen LogP contribution in [0, 0.1) is 0 Å². The Labute approximate surface area is 59.8 Å². The molecule has 0 unspecified atom stereocenters. The third-order valence-electron chi connectivity index (χ3n) is 1.45. The summed E-state index contributed by atoms with van der Waals surface area (Å²) in [6.07, 6.45) is 2.45. The van der Waals surface area contributed by atoms with E-state index >= 15 is 0 Å². The van der Waals surface area contributed by atoms with Gasteiger partial charge in [0.2, 0.25) is 0 Å². The molecule has 1 aromatic rings. The molecule has 2 heteroatoms. The van der Waals surface area contributed by atoms with Gasteiger partial charge in [-0.05, 0) is 26.0 Å². The molecule has 54 valence electrons. The number of carbonyl (C=O) groups is 1. The molecule has 1 aromatic heterocycles. The van der Waals surface area contributed by atoms with E-state index in [0.717, 1.165) is 6.29 Å². The lowest BCUT2D eigenvalue weighted by Crippen LogP contribution is -2.17. The molecular weight excluding hydrogens is 128 g/mol. The number of hydrogen-bond acceptors (Lipinski definition) is 2. The SMILES string of the molecule is CC(C)(C=O)c1ccco1. The van der Waals surface area contributed by atoms with E-state index in [4.69, 9.17) is 4.42 Å². The lowest BCUT2D eigenvalue weighted by atomic mass is 9.93. The first-order valence-corrected chi connectivity index (χ1v) is 3.17. The van der Waals surface area contributed by atoms with Gasteiger partial charge >= 0.3 is 0 Å². The molecule has 2 nitrogen and oxygen atoms in total. The Balaban J connectivity index is 2.95. The summed E-state index contributed by atoms with van der Waals surface area (Å²) >= 11 is 0. The molecule has 0 aliphatic rings. The van der Waals surface area contributed by atoms with E-state index in [1.165, 1.54) is 0 Å². The largest absolute Gasteiger partial charge is 0.468 e. The van der Waals surface area contributed by atoms with Crippen LogP contribution in [0.15, 0.2) is 22.8 Å². The van der Waals surface area contributed by atoms with Crippen molar-refractivity contribution in [3.63, 3.8) is 0 Å². The van der Waals surface area contributed by atoms with Crippen LogP contribution in [-0.4, -0.2) is 6.29 Å². The molecule has 1 rings (SSSR count). The second-order valence-electron chi connectivity index (χ2n) is 2.82. The quantitative estimate of drug-likeness (QED) is 0.583. The number of aldehydes is 1. The summed E-state index contributed by atoms with van der Waals surface area (Å²) < 4.78 is 5.06. The van der Waals surface area contributed by atoms with Crippen molar-refractivity contribution >= 4 is 6.29 Å². The van der Waals surface area contributed by atoms with E-state index in [-0.39, 0.29) is 0 Å². The maximum atomic E-state index is 10.5. The summed E-state index contributed by atoms with van der Waals surface area (Å²) in [5.41, 5.74) is -0.483. The molecule has 0 bridgehead atoms. The Morgan fingerprint density at radius 3 is 2.70 bits per heavy atom. The fourth-order valence-electron chi connectivity index (χ4n) is 0.703. The Kier molecular flexibility index (Phi) is 1.62. The molecule has 0 aromatic carbocycles. The first-order chi connectivity index (χ1) is 4.67. The second kappa shape index (κ2) is 2.29. The van der Waals surface area contributed by atoms with Crippen LogP contribution in [0.25, 0.3) is 0 Å². The zero-order chi connectivity index (χ0) is 7.61. The van der Waals surface area contributed by atoms with Crippen molar-refractivity contribution in [2.75, 3.05) is 0 Å². The van der Waals surface area contributed by atoms with Crippen LogP contribution in [-0.2, 0) is 10.2 Å². The molecule has 0 amide bonds. The van der Waals surface area contributed by atoms with Crippen LogP contribution in [0.2, 0.25) is 0 Å². The fourth-order valence-corrected chi connectivity index (χ4v) is 0.703. The number of rotatable bonds is 2. The van der Waals surface area contributed by atoms with E-state index < -0.39 is 5.41 Å². The normalized spacial score (nSPS) is 11.4. The van der Waals surface area contributed by atoms with Gasteiger partial charge in [-0.15, -0.1) is 0 Å². The van der Waals surface area contributed by atoms with E-state index in [9.17, 15) is 4.79 Å². The minimum atomic E-state index is -0.483. The van der Waals surface area contributed by atoms with Crippen molar-refractivity contribution in [3.8, 4) is 0 Å². The Morgan fingerprint density at radius 2 is 2.30 bits per heavy atom. The van der Waals surface area contributed by atoms with Gasteiger partial charge in [0.1, 0.15) is 12.0 Å². The zero-order valence-electron chi connectivity index (χ0n) is 6.13. The van der Waals surface area contributed by atoms with E-state index in [1.807, 2.05) is 13.8 Å². The van der Waals surface area contributed by atoms with Crippen LogP contribution >= 0.6 is 0 Å².